The topological polar surface area (TPSA) is 26.0 Å². The van der Waals surface area contributed by atoms with Crippen molar-refractivity contribution in [2.24, 2.45) is 23.5 Å². The van der Waals surface area contributed by atoms with Gasteiger partial charge in [0.25, 0.3) is 0 Å². The lowest BCUT2D eigenvalue weighted by Gasteiger charge is -2.34. The van der Waals surface area contributed by atoms with Crippen molar-refractivity contribution in [2.45, 2.75) is 45.1 Å². The maximum atomic E-state index is 5.99. The Kier molecular flexibility index (Phi) is 1.92. The summed E-state index contributed by atoms with van der Waals surface area (Å²) < 4.78 is 0. The minimum absolute atomic E-state index is 0.514. The van der Waals surface area contributed by atoms with Gasteiger partial charge in [-0.3, -0.25) is 0 Å². The molecule has 0 saturated heterocycles. The molecule has 0 aromatic heterocycles. The van der Waals surface area contributed by atoms with E-state index >= 15 is 0 Å². The van der Waals surface area contributed by atoms with Crippen LogP contribution in [0, 0.1) is 17.8 Å². The van der Waals surface area contributed by atoms with Gasteiger partial charge in [0, 0.05) is 6.04 Å². The van der Waals surface area contributed by atoms with Crippen LogP contribution < -0.4 is 5.73 Å². The van der Waals surface area contributed by atoms with Crippen LogP contribution in [-0.4, -0.2) is 6.04 Å². The monoisotopic (exact) mass is 153 g/mol. The molecule has 0 radical (unpaired) electrons. The van der Waals surface area contributed by atoms with Crippen LogP contribution in [0.25, 0.3) is 0 Å². The first kappa shape index (κ1) is 7.60. The fourth-order valence-corrected chi connectivity index (χ4v) is 2.76. The second kappa shape index (κ2) is 2.78. The van der Waals surface area contributed by atoms with Crippen LogP contribution in [0.1, 0.15) is 39.0 Å². The third-order valence-corrected chi connectivity index (χ3v) is 3.94. The van der Waals surface area contributed by atoms with Gasteiger partial charge in [-0.1, -0.05) is 26.2 Å². The summed E-state index contributed by atoms with van der Waals surface area (Å²) in [4.78, 5) is 0. The Hall–Kier alpha value is -0.0400. The Morgan fingerprint density at radius 1 is 1.09 bits per heavy atom. The molecule has 2 aliphatic rings. The van der Waals surface area contributed by atoms with E-state index in [1.54, 1.807) is 0 Å². The molecule has 0 spiro atoms. The molecule has 0 amide bonds. The maximum Gasteiger partial charge on any atom is 0.00673 e. The molecule has 2 N–H and O–H groups in total. The average Bonchev–Trinajstić information content (AvgIpc) is 2.15. The highest BCUT2D eigenvalue weighted by Gasteiger charge is 2.37. The van der Waals surface area contributed by atoms with Crippen molar-refractivity contribution in [3.63, 3.8) is 0 Å². The fraction of sp³-hybridized carbons (Fsp3) is 1.00. The molecule has 1 nitrogen and oxygen atoms in total. The first-order valence-electron chi connectivity index (χ1n) is 5.04. The lowest BCUT2D eigenvalue weighted by atomic mass is 9.72. The molecular formula is C10H19N. The molecule has 64 valence electrons. The summed E-state index contributed by atoms with van der Waals surface area (Å²) in [5.41, 5.74) is 5.99. The quantitative estimate of drug-likeness (QED) is 0.614. The molecule has 0 heterocycles. The minimum atomic E-state index is 0.514. The van der Waals surface area contributed by atoms with Gasteiger partial charge in [0.15, 0.2) is 0 Å². The van der Waals surface area contributed by atoms with Crippen molar-refractivity contribution in [1.82, 2.24) is 0 Å². The zero-order valence-electron chi connectivity index (χ0n) is 7.42. The summed E-state index contributed by atoms with van der Waals surface area (Å²) in [7, 11) is 0. The molecule has 2 rings (SSSR count). The van der Waals surface area contributed by atoms with Crippen molar-refractivity contribution >= 4 is 0 Å². The van der Waals surface area contributed by atoms with E-state index in [9.17, 15) is 0 Å². The van der Waals surface area contributed by atoms with E-state index in [4.69, 9.17) is 5.73 Å². The molecule has 3 atom stereocenters. The molecule has 2 aliphatic carbocycles. The first-order valence-corrected chi connectivity index (χ1v) is 5.04. The number of hydrogen-bond donors (Lipinski definition) is 1. The Bertz CT molecular complexity index is 140. The van der Waals surface area contributed by atoms with E-state index in [1.165, 1.54) is 32.1 Å². The van der Waals surface area contributed by atoms with E-state index in [0.29, 0.717) is 6.04 Å². The lowest BCUT2D eigenvalue weighted by molar-refractivity contribution is 0.169. The highest BCUT2D eigenvalue weighted by molar-refractivity contribution is 4.90. The average molecular weight is 153 g/mol. The lowest BCUT2D eigenvalue weighted by Crippen LogP contribution is -2.30. The zero-order valence-corrected chi connectivity index (χ0v) is 7.42. The third kappa shape index (κ3) is 1.20. The van der Waals surface area contributed by atoms with Gasteiger partial charge in [-0.15, -0.1) is 0 Å². The Balaban J connectivity index is 1.93. The third-order valence-electron chi connectivity index (χ3n) is 3.94. The van der Waals surface area contributed by atoms with E-state index in [-0.39, 0.29) is 0 Å². The van der Waals surface area contributed by atoms with Crippen molar-refractivity contribution < 1.29 is 0 Å². The minimum Gasteiger partial charge on any atom is -0.327 e. The highest BCUT2D eigenvalue weighted by atomic mass is 14.7. The van der Waals surface area contributed by atoms with Crippen molar-refractivity contribution in [1.29, 1.82) is 0 Å². The van der Waals surface area contributed by atoms with E-state index in [2.05, 4.69) is 6.92 Å². The van der Waals surface area contributed by atoms with Gasteiger partial charge >= 0.3 is 0 Å². The summed E-state index contributed by atoms with van der Waals surface area (Å²) in [6, 6.07) is 0.514. The summed E-state index contributed by atoms with van der Waals surface area (Å²) in [5, 5.41) is 0. The van der Waals surface area contributed by atoms with Gasteiger partial charge in [-0.05, 0) is 30.6 Å². The van der Waals surface area contributed by atoms with Gasteiger partial charge < -0.3 is 5.73 Å². The smallest absolute Gasteiger partial charge is 0.00673 e. The second-order valence-corrected chi connectivity index (χ2v) is 4.46. The van der Waals surface area contributed by atoms with Gasteiger partial charge in [0.1, 0.15) is 0 Å². The van der Waals surface area contributed by atoms with E-state index in [0.717, 1.165) is 17.8 Å². The van der Waals surface area contributed by atoms with Gasteiger partial charge in [-0.2, -0.15) is 0 Å². The molecule has 11 heavy (non-hydrogen) atoms. The van der Waals surface area contributed by atoms with Gasteiger partial charge in [0.2, 0.25) is 0 Å². The molecule has 0 bridgehead atoms. The number of rotatable bonds is 1. The van der Waals surface area contributed by atoms with Gasteiger partial charge in [0.05, 0.1) is 0 Å². The summed E-state index contributed by atoms with van der Waals surface area (Å²) >= 11 is 0. The van der Waals surface area contributed by atoms with Crippen LogP contribution in [0.3, 0.4) is 0 Å². The largest absolute Gasteiger partial charge is 0.327 e. The van der Waals surface area contributed by atoms with Crippen molar-refractivity contribution in [3.8, 4) is 0 Å². The molecule has 1 heteroatoms. The molecule has 3 unspecified atom stereocenters. The molecule has 0 aromatic rings. The van der Waals surface area contributed by atoms with Crippen molar-refractivity contribution in [3.05, 3.63) is 0 Å². The van der Waals surface area contributed by atoms with Crippen LogP contribution in [0.5, 0.6) is 0 Å². The molecule has 0 aromatic carbocycles. The van der Waals surface area contributed by atoms with Crippen LogP contribution in [0.4, 0.5) is 0 Å². The molecule has 2 fully saturated rings. The predicted molar refractivity (Wildman–Crippen MR) is 47.2 cm³/mol. The van der Waals surface area contributed by atoms with Gasteiger partial charge in [-0.25, -0.2) is 0 Å². The summed E-state index contributed by atoms with van der Waals surface area (Å²) in [6.07, 6.45) is 7.14. The summed E-state index contributed by atoms with van der Waals surface area (Å²) in [5.74, 6) is 2.84. The Labute approximate surface area is 69.4 Å². The van der Waals surface area contributed by atoms with Crippen LogP contribution in [0.2, 0.25) is 0 Å². The Morgan fingerprint density at radius 2 is 1.82 bits per heavy atom. The molecule has 2 saturated carbocycles. The van der Waals surface area contributed by atoms with Crippen molar-refractivity contribution in [2.75, 3.05) is 0 Å². The normalized spacial score (nSPS) is 45.8. The maximum absolute atomic E-state index is 5.99. The van der Waals surface area contributed by atoms with Crippen LogP contribution in [-0.2, 0) is 0 Å². The Morgan fingerprint density at radius 3 is 2.18 bits per heavy atom. The fourth-order valence-electron chi connectivity index (χ4n) is 2.76. The second-order valence-electron chi connectivity index (χ2n) is 4.46. The van der Waals surface area contributed by atoms with Crippen LogP contribution in [0.15, 0.2) is 0 Å². The van der Waals surface area contributed by atoms with Crippen LogP contribution >= 0.6 is 0 Å². The number of nitrogens with two attached hydrogens (primary N) is 1. The van der Waals surface area contributed by atoms with E-state index < -0.39 is 0 Å². The number of hydrogen-bond acceptors (Lipinski definition) is 1. The zero-order chi connectivity index (χ0) is 7.84. The first-order chi connectivity index (χ1) is 5.29. The molecular weight excluding hydrogens is 134 g/mol. The predicted octanol–water partition coefficient (Wildman–Crippen LogP) is 2.16. The SMILES string of the molecule is CC1C(N)CCC1C1CCC1. The highest BCUT2D eigenvalue weighted by Crippen LogP contribution is 2.44. The molecule has 0 aliphatic heterocycles. The standard InChI is InChI=1S/C10H19N/c1-7-9(5-6-10(7)11)8-3-2-4-8/h7-10H,2-6,11H2,1H3. The van der Waals surface area contributed by atoms with E-state index in [1.807, 2.05) is 0 Å². The summed E-state index contributed by atoms with van der Waals surface area (Å²) in [6.45, 7) is 2.35.